The maximum atomic E-state index is 12.1. The molecule has 0 saturated carbocycles. The third-order valence-corrected chi connectivity index (χ3v) is 2.88. The van der Waals surface area contributed by atoms with Crippen molar-refractivity contribution in [1.82, 2.24) is 5.32 Å². The van der Waals surface area contributed by atoms with Gasteiger partial charge in [0.1, 0.15) is 12.4 Å². The lowest BCUT2D eigenvalue weighted by Crippen LogP contribution is -2.35. The lowest BCUT2D eigenvalue weighted by Gasteiger charge is -2.12. The second-order valence-corrected chi connectivity index (χ2v) is 4.71. The van der Waals surface area contributed by atoms with Crippen LogP contribution in [0.3, 0.4) is 0 Å². The van der Waals surface area contributed by atoms with Crippen molar-refractivity contribution < 1.29 is 18.7 Å². The highest BCUT2D eigenvalue weighted by Crippen LogP contribution is 2.15. The summed E-state index contributed by atoms with van der Waals surface area (Å²) in [6.45, 7) is 2.59. The summed E-state index contributed by atoms with van der Waals surface area (Å²) in [5.74, 6) is 0.753. The number of methoxy groups -OCH3 is 1. The van der Waals surface area contributed by atoms with Crippen LogP contribution in [0, 0.1) is 0 Å². The van der Waals surface area contributed by atoms with Crippen LogP contribution in [0.4, 0.5) is 0 Å². The minimum Gasteiger partial charge on any atom is -0.489 e. The Morgan fingerprint density at radius 2 is 2.05 bits per heavy atom. The molecule has 112 valence electrons. The van der Waals surface area contributed by atoms with Gasteiger partial charge in [0.2, 0.25) is 0 Å². The zero-order valence-electron chi connectivity index (χ0n) is 12.2. The van der Waals surface area contributed by atoms with Crippen molar-refractivity contribution in [2.75, 3.05) is 13.7 Å². The van der Waals surface area contributed by atoms with E-state index in [9.17, 15) is 4.79 Å². The highest BCUT2D eigenvalue weighted by Gasteiger charge is 2.17. The summed E-state index contributed by atoms with van der Waals surface area (Å²) in [6.07, 6.45) is 1.49. The van der Waals surface area contributed by atoms with Crippen LogP contribution in [0.5, 0.6) is 5.75 Å². The second kappa shape index (κ2) is 7.50. The molecule has 21 heavy (non-hydrogen) atoms. The first kappa shape index (κ1) is 15.1. The number of furan rings is 1. The molecule has 1 aromatic carbocycles. The molecule has 0 bridgehead atoms. The number of nitrogens with one attached hydrogen (secondary N) is 1. The number of hydrogen-bond acceptors (Lipinski definition) is 4. The molecule has 0 radical (unpaired) electrons. The molecule has 1 unspecified atom stereocenters. The van der Waals surface area contributed by atoms with Crippen LogP contribution in [0.2, 0.25) is 0 Å². The summed E-state index contributed by atoms with van der Waals surface area (Å²) in [7, 11) is 1.59. The summed E-state index contributed by atoms with van der Waals surface area (Å²) in [4.78, 5) is 12.1. The first-order chi connectivity index (χ1) is 10.2. The Labute approximate surface area is 123 Å². The molecule has 0 aliphatic rings. The highest BCUT2D eigenvalue weighted by molar-refractivity contribution is 5.93. The first-order valence-electron chi connectivity index (χ1n) is 6.74. The molecule has 5 nitrogen and oxygen atoms in total. The van der Waals surface area contributed by atoms with Crippen molar-refractivity contribution in [2.45, 2.75) is 19.6 Å². The maximum absolute atomic E-state index is 12.1. The fraction of sp³-hybridized carbons (Fsp3) is 0.312. The third kappa shape index (κ3) is 4.36. The molecule has 0 saturated heterocycles. The molecule has 0 aliphatic carbocycles. The second-order valence-electron chi connectivity index (χ2n) is 4.71. The number of benzene rings is 1. The monoisotopic (exact) mass is 289 g/mol. The van der Waals surface area contributed by atoms with Gasteiger partial charge in [-0.25, -0.2) is 0 Å². The molecule has 0 spiro atoms. The fourth-order valence-corrected chi connectivity index (χ4v) is 1.91. The number of rotatable bonds is 7. The molecule has 2 aromatic rings. The molecule has 0 aliphatic heterocycles. The van der Waals surface area contributed by atoms with Gasteiger partial charge in [-0.15, -0.1) is 0 Å². The number of carbonyl (C=O) groups is 1. The van der Waals surface area contributed by atoms with Crippen molar-refractivity contribution in [3.05, 3.63) is 54.0 Å². The topological polar surface area (TPSA) is 60.7 Å². The third-order valence-electron chi connectivity index (χ3n) is 2.88. The molecule has 1 N–H and O–H groups in total. The summed E-state index contributed by atoms with van der Waals surface area (Å²) >= 11 is 0. The van der Waals surface area contributed by atoms with Crippen LogP contribution in [-0.4, -0.2) is 25.7 Å². The molecular formula is C16H19NO4. The zero-order valence-corrected chi connectivity index (χ0v) is 12.2. The molecule has 1 heterocycles. The van der Waals surface area contributed by atoms with Gasteiger partial charge in [0.05, 0.1) is 12.9 Å². The highest BCUT2D eigenvalue weighted by atomic mass is 16.5. The van der Waals surface area contributed by atoms with Crippen LogP contribution in [0.25, 0.3) is 0 Å². The Morgan fingerprint density at radius 1 is 1.29 bits per heavy atom. The number of para-hydroxylation sites is 1. The van der Waals surface area contributed by atoms with E-state index in [2.05, 4.69) is 5.32 Å². The predicted molar refractivity (Wildman–Crippen MR) is 78.3 cm³/mol. The standard InChI is InChI=1S/C16H19NO4/c1-12(10-19-2)17-16(18)15-13(8-9-20-15)11-21-14-6-4-3-5-7-14/h3-9,12H,10-11H2,1-2H3,(H,17,18). The summed E-state index contributed by atoms with van der Waals surface area (Å²) < 4.78 is 15.9. The summed E-state index contributed by atoms with van der Waals surface area (Å²) in [5.41, 5.74) is 0.709. The van der Waals surface area contributed by atoms with E-state index < -0.39 is 0 Å². The van der Waals surface area contributed by atoms with Gasteiger partial charge in [0.25, 0.3) is 5.91 Å². The van der Waals surface area contributed by atoms with E-state index >= 15 is 0 Å². The number of amides is 1. The molecular weight excluding hydrogens is 270 g/mol. The minimum absolute atomic E-state index is 0.0875. The number of hydrogen-bond donors (Lipinski definition) is 1. The smallest absolute Gasteiger partial charge is 0.287 e. The Bertz CT molecular complexity index is 565. The van der Waals surface area contributed by atoms with Gasteiger partial charge < -0.3 is 19.2 Å². The van der Waals surface area contributed by atoms with E-state index in [1.165, 1.54) is 6.26 Å². The lowest BCUT2D eigenvalue weighted by molar-refractivity contribution is 0.0874. The SMILES string of the molecule is COCC(C)NC(=O)c1occc1COc1ccccc1. The molecule has 1 aromatic heterocycles. The van der Waals surface area contributed by atoms with Crippen LogP contribution in [0.1, 0.15) is 23.0 Å². The minimum atomic E-state index is -0.267. The van der Waals surface area contributed by atoms with Gasteiger partial charge in [-0.2, -0.15) is 0 Å². The lowest BCUT2D eigenvalue weighted by atomic mass is 10.2. The Kier molecular flexibility index (Phi) is 5.40. The largest absolute Gasteiger partial charge is 0.489 e. The summed E-state index contributed by atoms with van der Waals surface area (Å²) in [5, 5.41) is 2.81. The number of carbonyl (C=O) groups excluding carboxylic acids is 1. The van der Waals surface area contributed by atoms with E-state index in [1.54, 1.807) is 13.2 Å². The van der Waals surface area contributed by atoms with Crippen molar-refractivity contribution in [3.63, 3.8) is 0 Å². The molecule has 1 amide bonds. The fourth-order valence-electron chi connectivity index (χ4n) is 1.91. The van der Waals surface area contributed by atoms with Gasteiger partial charge in [-0.1, -0.05) is 18.2 Å². The Balaban J connectivity index is 1.96. The van der Waals surface area contributed by atoms with Crippen molar-refractivity contribution in [2.24, 2.45) is 0 Å². The molecule has 5 heteroatoms. The van der Waals surface area contributed by atoms with Crippen LogP contribution < -0.4 is 10.1 Å². The average Bonchev–Trinajstić information content (AvgIpc) is 2.95. The molecule has 2 rings (SSSR count). The van der Waals surface area contributed by atoms with Gasteiger partial charge >= 0.3 is 0 Å². The average molecular weight is 289 g/mol. The number of ether oxygens (including phenoxy) is 2. The molecule has 0 fully saturated rings. The van der Waals surface area contributed by atoms with Gasteiger partial charge in [-0.05, 0) is 25.1 Å². The predicted octanol–water partition coefficient (Wildman–Crippen LogP) is 2.62. The van der Waals surface area contributed by atoms with E-state index in [0.717, 1.165) is 5.75 Å². The van der Waals surface area contributed by atoms with Gasteiger partial charge in [-0.3, -0.25) is 4.79 Å². The van der Waals surface area contributed by atoms with Crippen LogP contribution in [0.15, 0.2) is 47.1 Å². The zero-order chi connectivity index (χ0) is 15.1. The van der Waals surface area contributed by atoms with Crippen molar-refractivity contribution >= 4 is 5.91 Å². The van der Waals surface area contributed by atoms with Crippen LogP contribution in [-0.2, 0) is 11.3 Å². The normalized spacial score (nSPS) is 11.9. The van der Waals surface area contributed by atoms with E-state index in [4.69, 9.17) is 13.9 Å². The van der Waals surface area contributed by atoms with Crippen molar-refractivity contribution in [3.8, 4) is 5.75 Å². The molecule has 1 atom stereocenters. The Hall–Kier alpha value is -2.27. The quantitative estimate of drug-likeness (QED) is 0.851. The van der Waals surface area contributed by atoms with Crippen molar-refractivity contribution in [1.29, 1.82) is 0 Å². The van der Waals surface area contributed by atoms with Gasteiger partial charge in [0.15, 0.2) is 5.76 Å². The maximum Gasteiger partial charge on any atom is 0.287 e. The van der Waals surface area contributed by atoms with E-state index in [-0.39, 0.29) is 24.3 Å². The van der Waals surface area contributed by atoms with Gasteiger partial charge in [0, 0.05) is 18.7 Å². The van der Waals surface area contributed by atoms with E-state index in [1.807, 2.05) is 37.3 Å². The summed E-state index contributed by atoms with van der Waals surface area (Å²) in [6, 6.07) is 11.1. The van der Waals surface area contributed by atoms with Crippen LogP contribution >= 0.6 is 0 Å². The van der Waals surface area contributed by atoms with E-state index in [0.29, 0.717) is 12.2 Å². The Morgan fingerprint density at radius 3 is 2.76 bits per heavy atom. The first-order valence-corrected chi connectivity index (χ1v) is 6.74.